The summed E-state index contributed by atoms with van der Waals surface area (Å²) >= 11 is 0. The number of aliphatic carboxylic acids is 1. The highest BCUT2D eigenvalue weighted by molar-refractivity contribution is 5.76. The predicted molar refractivity (Wildman–Crippen MR) is 69.2 cm³/mol. The van der Waals surface area contributed by atoms with E-state index in [1.807, 2.05) is 0 Å². The lowest BCUT2D eigenvalue weighted by molar-refractivity contribution is -0.137. The molecular weight excluding hydrogens is 234 g/mol. The monoisotopic (exact) mass is 257 g/mol. The van der Waals surface area contributed by atoms with Gasteiger partial charge in [-0.25, -0.2) is 0 Å². The average molecular weight is 257 g/mol. The van der Waals surface area contributed by atoms with Gasteiger partial charge in [0.15, 0.2) is 0 Å². The first-order valence-corrected chi connectivity index (χ1v) is 6.75. The summed E-state index contributed by atoms with van der Waals surface area (Å²) < 4.78 is 0. The molecule has 0 aliphatic carbocycles. The van der Waals surface area contributed by atoms with Crippen LogP contribution >= 0.6 is 0 Å². The van der Waals surface area contributed by atoms with E-state index in [-0.39, 0.29) is 12.8 Å². The summed E-state index contributed by atoms with van der Waals surface area (Å²) in [5, 5.41) is 10.8. The molecule has 0 radical (unpaired) electrons. The van der Waals surface area contributed by atoms with E-state index in [4.69, 9.17) is 5.11 Å². The van der Waals surface area contributed by atoms with Crippen LogP contribution in [0.15, 0.2) is 5.18 Å². The molecule has 104 valence electrons. The summed E-state index contributed by atoms with van der Waals surface area (Å²) in [4.78, 5) is 30.6. The molecule has 0 fully saturated rings. The highest BCUT2D eigenvalue weighted by atomic mass is 16.4. The Morgan fingerprint density at radius 2 is 1.11 bits per heavy atom. The van der Waals surface area contributed by atoms with Gasteiger partial charge >= 0.3 is 5.97 Å². The second-order valence-electron chi connectivity index (χ2n) is 4.56. The van der Waals surface area contributed by atoms with Crippen LogP contribution in [0.5, 0.6) is 0 Å². The Labute approximate surface area is 108 Å². The first kappa shape index (κ1) is 16.7. The van der Waals surface area contributed by atoms with Gasteiger partial charge in [-0.3, -0.25) is 9.59 Å². The number of carboxylic acid groups (broad SMARTS) is 1. The zero-order valence-corrected chi connectivity index (χ0v) is 10.9. The van der Waals surface area contributed by atoms with Gasteiger partial charge in [-0.05, 0) is 12.8 Å². The largest absolute Gasteiger partial charge is 0.481 e. The molecular formula is C13H23NO4. The maximum atomic E-state index is 10.6. The lowest BCUT2D eigenvalue weighted by atomic mass is 10.1. The zero-order chi connectivity index (χ0) is 13.6. The molecule has 0 unspecified atom stereocenters. The van der Waals surface area contributed by atoms with Crippen molar-refractivity contribution >= 4 is 11.9 Å². The molecule has 18 heavy (non-hydrogen) atoms. The summed E-state index contributed by atoms with van der Waals surface area (Å²) in [5.74, 6) is -1.26. The van der Waals surface area contributed by atoms with Crippen LogP contribution in [0, 0.1) is 4.91 Å². The lowest BCUT2D eigenvalue weighted by Gasteiger charge is -2.01. The topological polar surface area (TPSA) is 83.8 Å². The second kappa shape index (κ2) is 12.2. The number of carbonyl (C=O) groups excluding carboxylic acids is 1. The molecule has 0 rings (SSSR count). The van der Waals surface area contributed by atoms with E-state index in [2.05, 4.69) is 5.18 Å². The molecule has 0 aromatic heterocycles. The molecule has 0 aliphatic heterocycles. The minimum atomic E-state index is -0.714. The van der Waals surface area contributed by atoms with Crippen LogP contribution in [-0.4, -0.2) is 17.0 Å². The Hall–Kier alpha value is -1.26. The van der Waals surface area contributed by atoms with Gasteiger partial charge in [-0.1, -0.05) is 44.9 Å². The maximum Gasteiger partial charge on any atom is 0.303 e. The summed E-state index contributed by atoms with van der Waals surface area (Å²) in [6.45, 7) is 0. The van der Waals surface area contributed by atoms with Gasteiger partial charge in [0.1, 0.15) is 0 Å². The van der Waals surface area contributed by atoms with E-state index in [0.717, 1.165) is 57.8 Å². The third kappa shape index (κ3) is 12.8. The summed E-state index contributed by atoms with van der Waals surface area (Å²) in [7, 11) is 0. The minimum Gasteiger partial charge on any atom is -0.481 e. The predicted octanol–water partition coefficient (Wildman–Crippen LogP) is 3.66. The minimum absolute atomic E-state index is 0.276. The molecule has 0 aromatic rings. The highest BCUT2D eigenvalue weighted by Gasteiger charge is 2.00. The van der Waals surface area contributed by atoms with Gasteiger partial charge in [0.05, 0.1) is 0 Å². The third-order valence-corrected chi connectivity index (χ3v) is 2.88. The third-order valence-electron chi connectivity index (χ3n) is 2.88. The van der Waals surface area contributed by atoms with Crippen LogP contribution in [0.3, 0.4) is 0 Å². The van der Waals surface area contributed by atoms with Crippen molar-refractivity contribution in [1.29, 1.82) is 0 Å². The molecule has 1 N–H and O–H groups in total. The van der Waals surface area contributed by atoms with Crippen molar-refractivity contribution < 1.29 is 14.7 Å². The Balaban J connectivity index is 3.05. The number of hydrogen-bond donors (Lipinski definition) is 1. The molecule has 0 aromatic carbocycles. The number of carbonyl (C=O) groups is 2. The first-order chi connectivity index (χ1) is 8.66. The van der Waals surface area contributed by atoms with E-state index in [1.165, 1.54) is 0 Å². The van der Waals surface area contributed by atoms with Crippen molar-refractivity contribution in [3.05, 3.63) is 4.91 Å². The number of rotatable bonds is 12. The smallest absolute Gasteiger partial charge is 0.303 e. The van der Waals surface area contributed by atoms with Crippen molar-refractivity contribution in [3.8, 4) is 0 Å². The molecule has 0 atom stereocenters. The van der Waals surface area contributed by atoms with Crippen molar-refractivity contribution in [2.24, 2.45) is 5.18 Å². The van der Waals surface area contributed by atoms with E-state index < -0.39 is 11.9 Å². The van der Waals surface area contributed by atoms with Gasteiger partial charge in [-0.15, -0.1) is 4.91 Å². The number of hydrogen-bond acceptors (Lipinski definition) is 3. The summed E-state index contributed by atoms with van der Waals surface area (Å²) in [6.07, 6.45) is 9.67. The number of unbranched alkanes of at least 4 members (excludes halogenated alkanes) is 8. The van der Waals surface area contributed by atoms with Crippen LogP contribution in [0.1, 0.15) is 70.6 Å². The Morgan fingerprint density at radius 3 is 1.50 bits per heavy atom. The molecule has 0 heterocycles. The number of amides is 1. The molecule has 5 heteroatoms. The normalized spacial score (nSPS) is 10.2. The second-order valence-corrected chi connectivity index (χ2v) is 4.56. The van der Waals surface area contributed by atoms with E-state index in [0.29, 0.717) is 0 Å². The number of nitrogens with zero attached hydrogens (tertiary/aromatic N) is 1. The van der Waals surface area contributed by atoms with Gasteiger partial charge in [-0.2, -0.15) is 0 Å². The molecule has 0 spiro atoms. The maximum absolute atomic E-state index is 10.6. The Kier molecular flexibility index (Phi) is 11.3. The van der Waals surface area contributed by atoms with Crippen LogP contribution < -0.4 is 0 Å². The summed E-state index contributed by atoms with van der Waals surface area (Å²) in [6, 6.07) is 0. The SMILES string of the molecule is O=NC(=O)CCCCCCCCCCCC(=O)O. The van der Waals surface area contributed by atoms with Crippen molar-refractivity contribution in [2.45, 2.75) is 70.6 Å². The fraction of sp³-hybridized carbons (Fsp3) is 0.846. The van der Waals surface area contributed by atoms with Crippen LogP contribution in [0.2, 0.25) is 0 Å². The quantitative estimate of drug-likeness (QED) is 0.427. The van der Waals surface area contributed by atoms with E-state index in [1.54, 1.807) is 0 Å². The summed E-state index contributed by atoms with van der Waals surface area (Å²) in [5.41, 5.74) is 0. The van der Waals surface area contributed by atoms with Crippen LogP contribution in [-0.2, 0) is 9.59 Å². The molecule has 0 aliphatic rings. The van der Waals surface area contributed by atoms with Crippen molar-refractivity contribution in [2.75, 3.05) is 0 Å². The molecule has 5 nitrogen and oxygen atoms in total. The fourth-order valence-corrected chi connectivity index (χ4v) is 1.84. The standard InChI is InChI=1S/C13H23NO4/c15-12(14-18)10-8-6-4-2-1-3-5-7-9-11-13(16)17/h1-11H2,(H,16,17). The average Bonchev–Trinajstić information content (AvgIpc) is 2.35. The Bertz CT molecular complexity index is 253. The molecule has 0 saturated carbocycles. The zero-order valence-electron chi connectivity index (χ0n) is 10.9. The van der Waals surface area contributed by atoms with Gasteiger partial charge in [0, 0.05) is 18.0 Å². The van der Waals surface area contributed by atoms with Crippen molar-refractivity contribution in [3.63, 3.8) is 0 Å². The lowest BCUT2D eigenvalue weighted by Crippen LogP contribution is -1.93. The van der Waals surface area contributed by atoms with E-state index >= 15 is 0 Å². The Morgan fingerprint density at radius 1 is 0.722 bits per heavy atom. The molecule has 0 bridgehead atoms. The highest BCUT2D eigenvalue weighted by Crippen LogP contribution is 2.11. The number of carboxylic acids is 1. The first-order valence-electron chi connectivity index (χ1n) is 6.75. The number of nitroso groups, excluding NO2 is 1. The van der Waals surface area contributed by atoms with Crippen molar-refractivity contribution in [1.82, 2.24) is 0 Å². The van der Waals surface area contributed by atoms with Crippen LogP contribution in [0.4, 0.5) is 0 Å². The molecule has 0 saturated heterocycles. The van der Waals surface area contributed by atoms with Gasteiger partial charge in [0.25, 0.3) is 5.91 Å². The van der Waals surface area contributed by atoms with Crippen LogP contribution in [0.25, 0.3) is 0 Å². The van der Waals surface area contributed by atoms with E-state index in [9.17, 15) is 14.5 Å². The molecule has 1 amide bonds. The van der Waals surface area contributed by atoms with Gasteiger partial charge < -0.3 is 5.11 Å². The van der Waals surface area contributed by atoms with Gasteiger partial charge in [0.2, 0.25) is 0 Å². The fourth-order valence-electron chi connectivity index (χ4n) is 1.84.